The van der Waals surface area contributed by atoms with E-state index in [0.717, 1.165) is 83.2 Å². The number of hydrogen-bond acceptors (Lipinski definition) is 4. The summed E-state index contributed by atoms with van der Waals surface area (Å²) in [7, 11) is 0. The summed E-state index contributed by atoms with van der Waals surface area (Å²) in [6.07, 6.45) is 0. The van der Waals surface area contributed by atoms with Crippen LogP contribution in [0.3, 0.4) is 0 Å². The summed E-state index contributed by atoms with van der Waals surface area (Å²) in [6, 6.07) is 71.4. The second-order valence-electron chi connectivity index (χ2n) is 14.9. The Bertz CT molecular complexity index is 3510. The molecule has 0 unspecified atom stereocenters. The molecule has 12 rings (SSSR count). The first kappa shape index (κ1) is 32.8. The van der Waals surface area contributed by atoms with Gasteiger partial charge in [-0.1, -0.05) is 127 Å². The second-order valence-corrected chi connectivity index (χ2v) is 15.9. The van der Waals surface area contributed by atoms with Gasteiger partial charge in [0.05, 0.1) is 11.1 Å². The molecule has 0 atom stereocenters. The minimum absolute atomic E-state index is 0.853. The van der Waals surface area contributed by atoms with E-state index in [1.807, 2.05) is 23.5 Å². The highest BCUT2D eigenvalue weighted by molar-refractivity contribution is 7.25. The summed E-state index contributed by atoms with van der Waals surface area (Å²) < 4.78 is 15.9. The van der Waals surface area contributed by atoms with Crippen molar-refractivity contribution in [3.8, 4) is 33.4 Å². The van der Waals surface area contributed by atoms with E-state index in [9.17, 15) is 0 Å². The highest BCUT2D eigenvalue weighted by atomic mass is 32.1. The molecule has 0 fully saturated rings. The number of benzene rings is 9. The van der Waals surface area contributed by atoms with Crippen molar-refractivity contribution in [2.75, 3.05) is 4.90 Å². The lowest BCUT2D eigenvalue weighted by Crippen LogP contribution is -2.10. The lowest BCUT2D eigenvalue weighted by molar-refractivity contribution is 0.669. The van der Waals surface area contributed by atoms with Gasteiger partial charge in [0, 0.05) is 53.3 Å². The van der Waals surface area contributed by atoms with Gasteiger partial charge in [0.25, 0.3) is 0 Å². The third-order valence-corrected chi connectivity index (χ3v) is 12.6. The zero-order chi connectivity index (χ0) is 38.2. The first-order valence-electron chi connectivity index (χ1n) is 19.6. The van der Waals surface area contributed by atoms with Gasteiger partial charge in [-0.2, -0.15) is 0 Å². The average molecular weight is 760 g/mol. The van der Waals surface area contributed by atoms with Crippen molar-refractivity contribution in [2.24, 2.45) is 0 Å². The Morgan fingerprint density at radius 1 is 0.345 bits per heavy atom. The monoisotopic (exact) mass is 759 g/mol. The number of para-hydroxylation sites is 1. The van der Waals surface area contributed by atoms with Crippen LogP contribution in [0.5, 0.6) is 0 Å². The second kappa shape index (κ2) is 13.1. The molecular formula is C54H33NO2S. The van der Waals surface area contributed by atoms with Gasteiger partial charge in [0.15, 0.2) is 0 Å². The van der Waals surface area contributed by atoms with Crippen LogP contribution >= 0.6 is 11.3 Å². The van der Waals surface area contributed by atoms with Crippen molar-refractivity contribution in [1.82, 2.24) is 0 Å². The van der Waals surface area contributed by atoms with Crippen LogP contribution in [0.1, 0.15) is 0 Å². The quantitative estimate of drug-likeness (QED) is 0.169. The van der Waals surface area contributed by atoms with E-state index in [1.165, 1.54) is 31.3 Å². The number of thiophene rings is 1. The van der Waals surface area contributed by atoms with E-state index >= 15 is 0 Å². The molecule has 3 nitrogen and oxygen atoms in total. The van der Waals surface area contributed by atoms with Crippen LogP contribution in [0, 0.1) is 0 Å². The zero-order valence-electron chi connectivity index (χ0n) is 31.2. The number of anilines is 3. The summed E-state index contributed by atoms with van der Waals surface area (Å²) in [5.41, 5.74) is 13.5. The van der Waals surface area contributed by atoms with Crippen molar-refractivity contribution in [2.45, 2.75) is 0 Å². The first-order chi connectivity index (χ1) is 28.7. The standard InChI is InChI=1S/C54H33NO2S/c1-4-12-34(13-5-1)37-21-25-44-50(30-37)57-54-41(36-16-8-3-9-17-36)26-27-47(53(44)54)55(39-22-28-49-45(32-39)42-18-10-11-19-48(42)56-49)40-23-29-51-46(33-40)43-24-20-38(31-52(43)58-51)35-14-6-2-7-15-35/h1-33H. The number of hydrogen-bond donors (Lipinski definition) is 0. The Labute approximate surface area is 338 Å². The van der Waals surface area contributed by atoms with Crippen LogP contribution in [0.25, 0.3) is 97.4 Å². The molecule has 0 N–H and O–H groups in total. The third kappa shape index (κ3) is 5.27. The van der Waals surface area contributed by atoms with Gasteiger partial charge in [-0.3, -0.25) is 0 Å². The maximum Gasteiger partial charge on any atom is 0.145 e. The van der Waals surface area contributed by atoms with Crippen LogP contribution in [-0.2, 0) is 0 Å². The predicted molar refractivity (Wildman–Crippen MR) is 245 cm³/mol. The van der Waals surface area contributed by atoms with Crippen LogP contribution in [-0.4, -0.2) is 0 Å². The van der Waals surface area contributed by atoms with Crippen molar-refractivity contribution in [3.05, 3.63) is 200 Å². The average Bonchev–Trinajstić information content (AvgIpc) is 3.98. The molecule has 0 amide bonds. The van der Waals surface area contributed by atoms with Crippen molar-refractivity contribution in [3.63, 3.8) is 0 Å². The molecule has 0 aliphatic heterocycles. The van der Waals surface area contributed by atoms with E-state index in [1.54, 1.807) is 0 Å². The maximum atomic E-state index is 7.00. The van der Waals surface area contributed by atoms with Gasteiger partial charge < -0.3 is 13.7 Å². The van der Waals surface area contributed by atoms with Gasteiger partial charge in [-0.15, -0.1) is 11.3 Å². The summed E-state index contributed by atoms with van der Waals surface area (Å²) in [5, 5.41) is 6.80. The smallest absolute Gasteiger partial charge is 0.145 e. The molecular weight excluding hydrogens is 727 g/mol. The van der Waals surface area contributed by atoms with E-state index in [0.29, 0.717) is 0 Å². The summed E-state index contributed by atoms with van der Waals surface area (Å²) >= 11 is 1.85. The molecule has 3 heterocycles. The molecule has 272 valence electrons. The minimum atomic E-state index is 0.853. The minimum Gasteiger partial charge on any atom is -0.456 e. The molecule has 12 aromatic rings. The van der Waals surface area contributed by atoms with E-state index in [4.69, 9.17) is 8.83 Å². The number of rotatable bonds is 6. The molecule has 4 heteroatoms. The summed E-state index contributed by atoms with van der Waals surface area (Å²) in [4.78, 5) is 2.40. The van der Waals surface area contributed by atoms with Crippen molar-refractivity contribution in [1.29, 1.82) is 0 Å². The fourth-order valence-electron chi connectivity index (χ4n) is 8.70. The number of fused-ring (bicyclic) bond motifs is 9. The molecule has 58 heavy (non-hydrogen) atoms. The molecule has 0 saturated carbocycles. The molecule has 0 spiro atoms. The van der Waals surface area contributed by atoms with E-state index < -0.39 is 0 Å². The first-order valence-corrected chi connectivity index (χ1v) is 20.4. The maximum absolute atomic E-state index is 7.00. The SMILES string of the molecule is c1ccc(-c2ccc3c(c2)oc2c(-c4ccccc4)ccc(N(c4ccc5oc6ccccc6c5c4)c4ccc5sc6cc(-c7ccccc7)ccc6c5c4)c23)cc1. The van der Waals surface area contributed by atoms with E-state index in [2.05, 4.69) is 193 Å². The van der Waals surface area contributed by atoms with Crippen molar-refractivity contribution < 1.29 is 8.83 Å². The third-order valence-electron chi connectivity index (χ3n) is 11.5. The highest BCUT2D eigenvalue weighted by Gasteiger charge is 2.24. The lowest BCUT2D eigenvalue weighted by Gasteiger charge is -2.27. The van der Waals surface area contributed by atoms with Crippen LogP contribution in [0.4, 0.5) is 17.1 Å². The molecule has 0 bridgehead atoms. The number of furan rings is 2. The topological polar surface area (TPSA) is 29.5 Å². The Kier molecular flexibility index (Phi) is 7.40. The molecule has 0 aliphatic rings. The Balaban J connectivity index is 1.12. The summed E-state index contributed by atoms with van der Waals surface area (Å²) in [6.45, 7) is 0. The van der Waals surface area contributed by atoms with Gasteiger partial charge in [-0.05, 0) is 101 Å². The molecule has 0 aliphatic carbocycles. The molecule has 9 aromatic carbocycles. The predicted octanol–water partition coefficient (Wildman–Crippen LogP) is 16.3. The Morgan fingerprint density at radius 3 is 1.72 bits per heavy atom. The highest BCUT2D eigenvalue weighted by Crippen LogP contribution is 2.49. The fraction of sp³-hybridized carbons (Fsp3) is 0. The molecule has 0 radical (unpaired) electrons. The van der Waals surface area contributed by atoms with Gasteiger partial charge in [0.2, 0.25) is 0 Å². The fourth-order valence-corrected chi connectivity index (χ4v) is 9.82. The van der Waals surface area contributed by atoms with Crippen molar-refractivity contribution >= 4 is 92.4 Å². The van der Waals surface area contributed by atoms with Gasteiger partial charge in [-0.25, -0.2) is 0 Å². The molecule has 3 aromatic heterocycles. The van der Waals surface area contributed by atoms with Crippen LogP contribution < -0.4 is 4.90 Å². The largest absolute Gasteiger partial charge is 0.456 e. The molecule has 0 saturated heterocycles. The number of nitrogens with zero attached hydrogens (tertiary/aromatic N) is 1. The van der Waals surface area contributed by atoms with Gasteiger partial charge in [0.1, 0.15) is 22.3 Å². The Morgan fingerprint density at radius 2 is 0.966 bits per heavy atom. The zero-order valence-corrected chi connectivity index (χ0v) is 32.0. The lowest BCUT2D eigenvalue weighted by atomic mass is 9.98. The van der Waals surface area contributed by atoms with Crippen LogP contribution in [0.2, 0.25) is 0 Å². The Hall–Kier alpha value is -7.40. The van der Waals surface area contributed by atoms with E-state index in [-0.39, 0.29) is 0 Å². The van der Waals surface area contributed by atoms with Crippen LogP contribution in [0.15, 0.2) is 209 Å². The normalized spacial score (nSPS) is 11.8. The summed E-state index contributed by atoms with van der Waals surface area (Å²) in [5.74, 6) is 0. The van der Waals surface area contributed by atoms with Gasteiger partial charge >= 0.3 is 0 Å².